The van der Waals surface area contributed by atoms with Crippen LogP contribution in [-0.2, 0) is 0 Å². The maximum atomic E-state index is 12.8. The molecule has 2 heterocycles. The van der Waals surface area contributed by atoms with E-state index >= 15 is 0 Å². The van der Waals surface area contributed by atoms with Crippen LogP contribution < -0.4 is 10.6 Å². The van der Waals surface area contributed by atoms with E-state index in [0.717, 1.165) is 48.7 Å². The van der Waals surface area contributed by atoms with Crippen LogP contribution in [0.5, 0.6) is 0 Å². The number of piperidine rings is 1. The summed E-state index contributed by atoms with van der Waals surface area (Å²) in [6, 6.07) is 0. The zero-order valence-electron chi connectivity index (χ0n) is 14.2. The highest BCUT2D eigenvalue weighted by molar-refractivity contribution is 7.09. The normalized spacial score (nSPS) is 38.4. The zero-order chi connectivity index (χ0) is 16.1. The molecule has 0 spiro atoms. The van der Waals surface area contributed by atoms with Crippen molar-refractivity contribution < 1.29 is 4.79 Å². The summed E-state index contributed by atoms with van der Waals surface area (Å²) in [6.45, 7) is 2.14. The smallest absolute Gasteiger partial charge is 0.271 e. The molecule has 1 saturated heterocycles. The fourth-order valence-electron chi connectivity index (χ4n) is 6.22. The third-order valence-corrected chi connectivity index (χ3v) is 7.87. The van der Waals surface area contributed by atoms with E-state index in [0.29, 0.717) is 11.6 Å². The molecule has 2 N–H and O–H groups in total. The van der Waals surface area contributed by atoms with Crippen LogP contribution in [0, 0.1) is 17.8 Å². The molecule has 0 radical (unpaired) electrons. The van der Waals surface area contributed by atoms with Gasteiger partial charge < -0.3 is 10.6 Å². The van der Waals surface area contributed by atoms with Crippen molar-refractivity contribution in [3.05, 3.63) is 16.1 Å². The van der Waals surface area contributed by atoms with E-state index in [1.165, 1.54) is 38.5 Å². The van der Waals surface area contributed by atoms with Crippen molar-refractivity contribution in [2.45, 2.75) is 62.8 Å². The third kappa shape index (κ3) is 2.70. The molecule has 1 aromatic rings. The molecule has 5 aliphatic rings. The first kappa shape index (κ1) is 15.3. The Labute approximate surface area is 147 Å². The van der Waals surface area contributed by atoms with Crippen LogP contribution in [0.15, 0.2) is 5.38 Å². The molecule has 4 aliphatic carbocycles. The molecule has 6 rings (SSSR count). The van der Waals surface area contributed by atoms with E-state index in [1.807, 2.05) is 5.38 Å². The average molecular weight is 346 g/mol. The van der Waals surface area contributed by atoms with Crippen LogP contribution >= 0.6 is 11.3 Å². The van der Waals surface area contributed by atoms with Crippen LogP contribution in [-0.4, -0.2) is 29.5 Å². The van der Waals surface area contributed by atoms with Gasteiger partial charge in [0.15, 0.2) is 0 Å². The standard InChI is InChI=1S/C19H27N3OS/c23-17(16-11-24-18(21-16)15-1-3-20-4-2-15)22-19-8-12-5-13(9-19)7-14(6-12)10-19/h11-15,20H,1-10H2,(H,22,23). The van der Waals surface area contributed by atoms with Crippen molar-refractivity contribution in [3.8, 4) is 0 Å². The van der Waals surface area contributed by atoms with Gasteiger partial charge in [-0.1, -0.05) is 0 Å². The molecule has 1 aromatic heterocycles. The Bertz CT molecular complexity index is 599. The Kier molecular flexibility index (Phi) is 3.71. The summed E-state index contributed by atoms with van der Waals surface area (Å²) in [6.07, 6.45) is 10.1. The van der Waals surface area contributed by atoms with E-state index in [2.05, 4.69) is 10.6 Å². The number of aromatic nitrogens is 1. The van der Waals surface area contributed by atoms with Crippen LogP contribution in [0.4, 0.5) is 0 Å². The molecule has 0 atom stereocenters. The lowest BCUT2D eigenvalue weighted by Gasteiger charge is -2.56. The second-order valence-corrected chi connectivity index (χ2v) is 9.64. The van der Waals surface area contributed by atoms with Crippen molar-refractivity contribution in [3.63, 3.8) is 0 Å². The molecule has 0 aromatic carbocycles. The Morgan fingerprint density at radius 1 is 1.12 bits per heavy atom. The van der Waals surface area contributed by atoms with Gasteiger partial charge in [-0.15, -0.1) is 11.3 Å². The number of rotatable bonds is 3. The predicted molar refractivity (Wildman–Crippen MR) is 95.3 cm³/mol. The minimum Gasteiger partial charge on any atom is -0.345 e. The lowest BCUT2D eigenvalue weighted by Crippen LogP contribution is -2.59. The largest absolute Gasteiger partial charge is 0.345 e. The maximum Gasteiger partial charge on any atom is 0.271 e. The summed E-state index contributed by atoms with van der Waals surface area (Å²) in [5.74, 6) is 3.19. The minimum absolute atomic E-state index is 0.0772. The molecule has 5 fully saturated rings. The fraction of sp³-hybridized carbons (Fsp3) is 0.789. The van der Waals surface area contributed by atoms with Gasteiger partial charge >= 0.3 is 0 Å². The van der Waals surface area contributed by atoms with E-state index in [1.54, 1.807) is 11.3 Å². The number of nitrogens with zero attached hydrogens (tertiary/aromatic N) is 1. The number of nitrogens with one attached hydrogen (secondary N) is 2. The topological polar surface area (TPSA) is 54.0 Å². The highest BCUT2D eigenvalue weighted by Gasteiger charge is 2.51. The summed E-state index contributed by atoms with van der Waals surface area (Å²) in [4.78, 5) is 17.6. The van der Waals surface area contributed by atoms with Gasteiger partial charge in [0.1, 0.15) is 5.69 Å². The summed E-state index contributed by atoms with van der Waals surface area (Å²) in [5.41, 5.74) is 0.744. The summed E-state index contributed by atoms with van der Waals surface area (Å²) >= 11 is 1.68. The highest BCUT2D eigenvalue weighted by Crippen LogP contribution is 2.55. The van der Waals surface area contributed by atoms with Gasteiger partial charge in [-0.3, -0.25) is 4.79 Å². The molecular weight excluding hydrogens is 318 g/mol. The summed E-state index contributed by atoms with van der Waals surface area (Å²) in [5, 5.41) is 9.99. The quantitative estimate of drug-likeness (QED) is 0.884. The van der Waals surface area contributed by atoms with Crippen molar-refractivity contribution in [2.75, 3.05) is 13.1 Å². The number of amides is 1. The molecular formula is C19H27N3OS. The first-order chi connectivity index (χ1) is 11.7. The number of carbonyl (C=O) groups excluding carboxylic acids is 1. The molecule has 24 heavy (non-hydrogen) atoms. The average Bonchev–Trinajstić information content (AvgIpc) is 3.04. The third-order valence-electron chi connectivity index (χ3n) is 6.86. The molecule has 4 saturated carbocycles. The second kappa shape index (κ2) is 5.80. The number of carbonyl (C=O) groups is 1. The van der Waals surface area contributed by atoms with E-state index < -0.39 is 0 Å². The van der Waals surface area contributed by atoms with Gasteiger partial charge in [0.2, 0.25) is 0 Å². The van der Waals surface area contributed by atoms with Gasteiger partial charge in [0.25, 0.3) is 5.91 Å². The summed E-state index contributed by atoms with van der Waals surface area (Å²) in [7, 11) is 0. The van der Waals surface area contributed by atoms with Crippen LogP contribution in [0.2, 0.25) is 0 Å². The van der Waals surface area contributed by atoms with Gasteiger partial charge in [-0.2, -0.15) is 0 Å². The van der Waals surface area contributed by atoms with E-state index in [9.17, 15) is 4.79 Å². The van der Waals surface area contributed by atoms with Crippen molar-refractivity contribution in [2.24, 2.45) is 17.8 Å². The summed E-state index contributed by atoms with van der Waals surface area (Å²) < 4.78 is 0. The number of hydrogen-bond donors (Lipinski definition) is 2. The monoisotopic (exact) mass is 345 g/mol. The van der Waals surface area contributed by atoms with Gasteiger partial charge in [-0.25, -0.2) is 4.98 Å². The van der Waals surface area contributed by atoms with Crippen LogP contribution in [0.1, 0.15) is 72.8 Å². The first-order valence-corrected chi connectivity index (χ1v) is 10.6. The Morgan fingerprint density at radius 2 is 1.75 bits per heavy atom. The highest BCUT2D eigenvalue weighted by atomic mass is 32.1. The maximum absolute atomic E-state index is 12.8. The Morgan fingerprint density at radius 3 is 2.38 bits per heavy atom. The molecule has 5 heteroatoms. The van der Waals surface area contributed by atoms with E-state index in [4.69, 9.17) is 4.98 Å². The van der Waals surface area contributed by atoms with Gasteiger partial charge in [-0.05, 0) is 82.2 Å². The minimum atomic E-state index is 0.0772. The van der Waals surface area contributed by atoms with Crippen LogP contribution in [0.3, 0.4) is 0 Å². The number of thiazole rings is 1. The zero-order valence-corrected chi connectivity index (χ0v) is 15.0. The lowest BCUT2D eigenvalue weighted by molar-refractivity contribution is -0.0167. The fourth-order valence-corrected chi connectivity index (χ4v) is 7.19. The van der Waals surface area contributed by atoms with E-state index in [-0.39, 0.29) is 11.4 Å². The van der Waals surface area contributed by atoms with Crippen molar-refractivity contribution in [1.82, 2.24) is 15.6 Å². The molecule has 1 aliphatic heterocycles. The molecule has 130 valence electrons. The van der Waals surface area contributed by atoms with Crippen molar-refractivity contribution in [1.29, 1.82) is 0 Å². The molecule has 0 unspecified atom stereocenters. The predicted octanol–water partition coefficient (Wildman–Crippen LogP) is 3.31. The SMILES string of the molecule is O=C(NC12CC3CC(CC(C3)C1)C2)c1csc(C2CCNCC2)n1. The molecule has 4 bridgehead atoms. The Hall–Kier alpha value is -0.940. The lowest BCUT2D eigenvalue weighted by atomic mass is 9.53. The van der Waals surface area contributed by atoms with Crippen LogP contribution in [0.25, 0.3) is 0 Å². The second-order valence-electron chi connectivity index (χ2n) is 8.75. The Balaban J connectivity index is 1.30. The first-order valence-electron chi connectivity index (χ1n) is 9.68. The van der Waals surface area contributed by atoms with Gasteiger partial charge in [0.05, 0.1) is 5.01 Å². The molecule has 1 amide bonds. The number of hydrogen-bond acceptors (Lipinski definition) is 4. The van der Waals surface area contributed by atoms with Crippen molar-refractivity contribution >= 4 is 17.2 Å². The van der Waals surface area contributed by atoms with Gasteiger partial charge in [0, 0.05) is 16.8 Å². The molecule has 4 nitrogen and oxygen atoms in total.